The summed E-state index contributed by atoms with van der Waals surface area (Å²) in [6.45, 7) is 8.48. The van der Waals surface area contributed by atoms with Crippen molar-refractivity contribution in [2.45, 2.75) is 52.5 Å². The minimum Gasteiger partial charge on any atom is -0.463 e. The second-order valence-corrected chi connectivity index (χ2v) is 11.3. The first-order chi connectivity index (χ1) is 19.5. The summed E-state index contributed by atoms with van der Waals surface area (Å²) in [5.41, 5.74) is 5.01. The van der Waals surface area contributed by atoms with E-state index in [1.54, 1.807) is 11.5 Å². The standard InChI is InChI=1S/C31H33N3O5S/c1-4-8-22-27(30(36)37-5-2)28(21-10-12-24-25(17-21)39-18-38-24)34-29(35)26(40-31(34)32-22)16-20-9-11-23(19(3)15-20)33-13-6-7-14-33/h9-12,15-17,28H,4-8,13-14,18H2,1-3H3/b26-16+/t28-/m1/s1. The zero-order valence-electron chi connectivity index (χ0n) is 23.1. The molecule has 0 aliphatic carbocycles. The molecule has 0 bridgehead atoms. The van der Waals surface area contributed by atoms with Crippen LogP contribution in [-0.2, 0) is 9.53 Å². The number of allylic oxidation sites excluding steroid dienone is 1. The van der Waals surface area contributed by atoms with Crippen LogP contribution in [0.25, 0.3) is 6.08 Å². The Morgan fingerprint density at radius 1 is 1.12 bits per heavy atom. The highest BCUT2D eigenvalue weighted by Crippen LogP contribution is 2.39. The Labute approximate surface area is 236 Å². The van der Waals surface area contributed by atoms with Crippen LogP contribution in [0.4, 0.5) is 5.69 Å². The van der Waals surface area contributed by atoms with Crippen LogP contribution in [0.3, 0.4) is 0 Å². The van der Waals surface area contributed by atoms with Gasteiger partial charge in [0.1, 0.15) is 0 Å². The van der Waals surface area contributed by atoms with Crippen molar-refractivity contribution in [1.29, 1.82) is 0 Å². The maximum atomic E-state index is 14.0. The smallest absolute Gasteiger partial charge is 0.338 e. The molecule has 0 amide bonds. The van der Waals surface area contributed by atoms with Gasteiger partial charge in [-0.1, -0.05) is 36.8 Å². The number of hydrogen-bond donors (Lipinski definition) is 0. The monoisotopic (exact) mass is 559 g/mol. The number of fused-ring (bicyclic) bond motifs is 2. The first kappa shape index (κ1) is 26.4. The van der Waals surface area contributed by atoms with E-state index in [9.17, 15) is 9.59 Å². The highest BCUT2D eigenvalue weighted by Gasteiger charge is 2.35. The molecule has 0 saturated carbocycles. The summed E-state index contributed by atoms with van der Waals surface area (Å²) in [6.07, 6.45) is 5.76. The van der Waals surface area contributed by atoms with Crippen LogP contribution in [0.15, 0.2) is 57.5 Å². The Hall–Kier alpha value is -3.85. The number of aryl methyl sites for hydroxylation is 1. The van der Waals surface area contributed by atoms with E-state index in [0.29, 0.717) is 38.5 Å². The second-order valence-electron chi connectivity index (χ2n) is 10.3. The van der Waals surface area contributed by atoms with Gasteiger partial charge in [-0.3, -0.25) is 9.36 Å². The number of thiazole rings is 1. The second kappa shape index (κ2) is 11.0. The normalized spacial score (nSPS) is 18.2. The Morgan fingerprint density at radius 2 is 1.93 bits per heavy atom. The van der Waals surface area contributed by atoms with Crippen LogP contribution in [-0.4, -0.2) is 37.0 Å². The summed E-state index contributed by atoms with van der Waals surface area (Å²) in [6, 6.07) is 11.2. The van der Waals surface area contributed by atoms with Gasteiger partial charge in [-0.2, -0.15) is 0 Å². The minimum absolute atomic E-state index is 0.138. The van der Waals surface area contributed by atoms with Crippen LogP contribution >= 0.6 is 11.3 Å². The molecule has 1 aromatic heterocycles. The number of nitrogens with zero attached hydrogens (tertiary/aromatic N) is 3. The lowest BCUT2D eigenvalue weighted by Gasteiger charge is -2.25. The van der Waals surface area contributed by atoms with Gasteiger partial charge in [0, 0.05) is 18.8 Å². The summed E-state index contributed by atoms with van der Waals surface area (Å²) >= 11 is 1.35. The molecule has 1 fully saturated rings. The third-order valence-corrected chi connectivity index (χ3v) is 8.55. The molecule has 6 rings (SSSR count). The molecule has 8 nitrogen and oxygen atoms in total. The molecule has 40 heavy (non-hydrogen) atoms. The minimum atomic E-state index is -0.687. The van der Waals surface area contributed by atoms with Crippen molar-refractivity contribution in [2.24, 2.45) is 4.99 Å². The van der Waals surface area contributed by atoms with E-state index in [1.165, 1.54) is 35.4 Å². The van der Waals surface area contributed by atoms with Crippen molar-refractivity contribution in [3.63, 3.8) is 0 Å². The van der Waals surface area contributed by atoms with Crippen LogP contribution in [0, 0.1) is 6.92 Å². The summed E-state index contributed by atoms with van der Waals surface area (Å²) in [5, 5.41) is 0. The maximum absolute atomic E-state index is 14.0. The fourth-order valence-electron chi connectivity index (χ4n) is 5.75. The van der Waals surface area contributed by atoms with Gasteiger partial charge in [-0.05, 0) is 80.1 Å². The molecule has 1 saturated heterocycles. The molecule has 2 aromatic carbocycles. The number of anilines is 1. The van der Waals surface area contributed by atoms with Gasteiger partial charge in [0.05, 0.1) is 28.5 Å². The average Bonchev–Trinajstić information content (AvgIpc) is 3.69. The Morgan fingerprint density at radius 3 is 2.67 bits per heavy atom. The largest absolute Gasteiger partial charge is 0.463 e. The highest BCUT2D eigenvalue weighted by atomic mass is 32.1. The van der Waals surface area contributed by atoms with Crippen LogP contribution < -0.4 is 29.3 Å². The number of benzene rings is 2. The van der Waals surface area contributed by atoms with Gasteiger partial charge in [0.2, 0.25) is 6.79 Å². The highest BCUT2D eigenvalue weighted by molar-refractivity contribution is 7.07. The van der Waals surface area contributed by atoms with Crippen molar-refractivity contribution in [3.05, 3.63) is 84.0 Å². The summed E-state index contributed by atoms with van der Waals surface area (Å²) < 4.78 is 18.8. The summed E-state index contributed by atoms with van der Waals surface area (Å²) in [7, 11) is 0. The lowest BCUT2D eigenvalue weighted by Crippen LogP contribution is -2.40. The Bertz CT molecular complexity index is 1680. The van der Waals surface area contributed by atoms with Gasteiger partial charge >= 0.3 is 5.97 Å². The van der Waals surface area contributed by atoms with E-state index in [2.05, 4.69) is 30.0 Å². The van der Waals surface area contributed by atoms with Crippen molar-refractivity contribution < 1.29 is 19.0 Å². The summed E-state index contributed by atoms with van der Waals surface area (Å²) in [4.78, 5) is 35.3. The van der Waals surface area contributed by atoms with Gasteiger partial charge in [0.15, 0.2) is 16.3 Å². The number of carbonyl (C=O) groups excluding carboxylic acids is 1. The molecule has 3 aliphatic rings. The fraction of sp³-hybridized carbons (Fsp3) is 0.387. The number of esters is 1. The lowest BCUT2D eigenvalue weighted by molar-refractivity contribution is -0.139. The number of carbonyl (C=O) groups is 1. The molecule has 3 aromatic rings. The third-order valence-electron chi connectivity index (χ3n) is 7.57. The lowest BCUT2D eigenvalue weighted by atomic mass is 9.94. The van der Waals surface area contributed by atoms with Crippen molar-refractivity contribution in [1.82, 2.24) is 4.57 Å². The molecule has 208 valence electrons. The van der Waals surface area contributed by atoms with Crippen LogP contribution in [0.2, 0.25) is 0 Å². The zero-order chi connectivity index (χ0) is 27.8. The van der Waals surface area contributed by atoms with Gasteiger partial charge in [0.25, 0.3) is 5.56 Å². The average molecular weight is 560 g/mol. The molecular formula is C31H33N3O5S. The van der Waals surface area contributed by atoms with E-state index in [0.717, 1.165) is 30.6 Å². The predicted octanol–water partition coefficient (Wildman–Crippen LogP) is 4.22. The third kappa shape index (κ3) is 4.72. The molecule has 0 N–H and O–H groups in total. The molecule has 0 unspecified atom stereocenters. The van der Waals surface area contributed by atoms with Crippen molar-refractivity contribution in [2.75, 3.05) is 31.4 Å². The molecule has 4 heterocycles. The molecule has 0 spiro atoms. The van der Waals surface area contributed by atoms with Gasteiger partial charge < -0.3 is 19.1 Å². The fourth-order valence-corrected chi connectivity index (χ4v) is 6.77. The molecule has 1 atom stereocenters. The van der Waals surface area contributed by atoms with E-state index in [-0.39, 0.29) is 19.0 Å². The van der Waals surface area contributed by atoms with Crippen molar-refractivity contribution in [3.8, 4) is 11.5 Å². The van der Waals surface area contributed by atoms with Crippen molar-refractivity contribution >= 4 is 29.1 Å². The Kier molecular flexibility index (Phi) is 7.23. The number of ether oxygens (including phenoxy) is 3. The van der Waals surface area contributed by atoms with Gasteiger partial charge in [-0.15, -0.1) is 0 Å². The first-order valence-corrected chi connectivity index (χ1v) is 14.8. The van der Waals surface area contributed by atoms with E-state index in [4.69, 9.17) is 19.2 Å². The Balaban J connectivity index is 1.50. The number of hydrogen-bond acceptors (Lipinski definition) is 8. The van der Waals surface area contributed by atoms with Crippen LogP contribution in [0.1, 0.15) is 62.3 Å². The molecule has 3 aliphatic heterocycles. The molecular weight excluding hydrogens is 526 g/mol. The van der Waals surface area contributed by atoms with Gasteiger partial charge in [-0.25, -0.2) is 9.79 Å². The van der Waals surface area contributed by atoms with E-state index in [1.807, 2.05) is 31.2 Å². The summed E-state index contributed by atoms with van der Waals surface area (Å²) in [5.74, 6) is 0.768. The SMILES string of the molecule is CCCC1=C(C(=O)OCC)[C@@H](c2ccc3c(c2)OCO3)n2c(s/c(=C/c3ccc(N4CCCC4)c(C)c3)c2=O)=N1. The predicted molar refractivity (Wildman–Crippen MR) is 155 cm³/mol. The number of rotatable bonds is 7. The quantitative estimate of drug-likeness (QED) is 0.404. The maximum Gasteiger partial charge on any atom is 0.338 e. The number of aromatic nitrogens is 1. The molecule has 9 heteroatoms. The van der Waals surface area contributed by atoms with E-state index >= 15 is 0 Å². The van der Waals surface area contributed by atoms with E-state index < -0.39 is 12.0 Å². The zero-order valence-corrected chi connectivity index (χ0v) is 23.9. The van der Waals surface area contributed by atoms with Crippen LogP contribution in [0.5, 0.6) is 11.5 Å². The first-order valence-electron chi connectivity index (χ1n) is 14.0. The topological polar surface area (TPSA) is 82.4 Å². The molecule has 0 radical (unpaired) electrons.